The second kappa shape index (κ2) is 7.74. The highest BCUT2D eigenvalue weighted by Crippen LogP contribution is 2.24. The van der Waals surface area contributed by atoms with Gasteiger partial charge in [-0.1, -0.05) is 18.2 Å². The first-order chi connectivity index (χ1) is 13.1. The first-order valence-corrected chi connectivity index (χ1v) is 11.8. The molecule has 3 aromatic rings. The number of rotatable bonds is 7. The predicted molar refractivity (Wildman–Crippen MR) is 107 cm³/mol. The van der Waals surface area contributed by atoms with Crippen LogP contribution in [-0.2, 0) is 26.3 Å². The summed E-state index contributed by atoms with van der Waals surface area (Å²) >= 11 is 0. The Morgan fingerprint density at radius 1 is 1.07 bits per heavy atom. The van der Waals surface area contributed by atoms with Crippen molar-refractivity contribution in [2.24, 2.45) is 5.14 Å². The summed E-state index contributed by atoms with van der Waals surface area (Å²) in [7, 11) is -7.63. The summed E-state index contributed by atoms with van der Waals surface area (Å²) in [6, 6.07) is 13.4. The second-order valence-electron chi connectivity index (χ2n) is 6.28. The molecule has 0 fully saturated rings. The molecule has 0 atom stereocenters. The highest BCUT2D eigenvalue weighted by Gasteiger charge is 2.18. The number of sulfone groups is 1. The Bertz CT molecular complexity index is 1190. The van der Waals surface area contributed by atoms with E-state index in [9.17, 15) is 16.8 Å². The van der Waals surface area contributed by atoms with E-state index < -0.39 is 19.9 Å². The molecule has 0 amide bonds. The zero-order chi connectivity index (χ0) is 20.4. The third-order valence-electron chi connectivity index (χ3n) is 4.07. The van der Waals surface area contributed by atoms with E-state index >= 15 is 0 Å². The Morgan fingerprint density at radius 3 is 2.43 bits per heavy atom. The number of hydrogen-bond acceptors (Lipinski definition) is 6. The van der Waals surface area contributed by atoms with Gasteiger partial charge in [-0.15, -0.1) is 0 Å². The lowest BCUT2D eigenvalue weighted by atomic mass is 10.2. The van der Waals surface area contributed by atoms with Crippen molar-refractivity contribution in [1.82, 2.24) is 9.78 Å². The number of primary sulfonamides is 1. The van der Waals surface area contributed by atoms with Crippen LogP contribution in [0.5, 0.6) is 0 Å². The molecule has 3 rings (SSSR count). The van der Waals surface area contributed by atoms with Crippen molar-refractivity contribution >= 4 is 25.5 Å². The van der Waals surface area contributed by atoms with Crippen molar-refractivity contribution in [1.29, 1.82) is 0 Å². The van der Waals surface area contributed by atoms with Crippen molar-refractivity contribution in [3.63, 3.8) is 0 Å². The Hall–Kier alpha value is -2.69. The number of anilines is 1. The fourth-order valence-electron chi connectivity index (χ4n) is 2.69. The van der Waals surface area contributed by atoms with Crippen molar-refractivity contribution in [2.75, 3.05) is 18.1 Å². The number of nitrogens with zero attached hydrogens (tertiary/aromatic N) is 2. The number of hydrogen-bond donors (Lipinski definition) is 2. The number of aromatic nitrogens is 2. The Morgan fingerprint density at radius 2 is 1.79 bits per heavy atom. The van der Waals surface area contributed by atoms with Gasteiger partial charge < -0.3 is 5.32 Å². The maximum absolute atomic E-state index is 12.0. The zero-order valence-electron chi connectivity index (χ0n) is 15.1. The quantitative estimate of drug-likeness (QED) is 0.598. The van der Waals surface area contributed by atoms with Crippen LogP contribution >= 0.6 is 0 Å². The minimum absolute atomic E-state index is 0.112. The molecule has 0 aliphatic carbocycles. The summed E-state index contributed by atoms with van der Waals surface area (Å²) in [5.41, 5.74) is 2.24. The minimum Gasteiger partial charge on any atom is -0.384 e. The average molecular weight is 421 g/mol. The van der Waals surface area contributed by atoms with Crippen LogP contribution in [0.1, 0.15) is 5.56 Å². The Balaban J connectivity index is 1.74. The monoisotopic (exact) mass is 420 g/mol. The van der Waals surface area contributed by atoms with Gasteiger partial charge in [-0.25, -0.2) is 26.7 Å². The van der Waals surface area contributed by atoms with Crippen LogP contribution in [0.4, 0.5) is 5.69 Å². The van der Waals surface area contributed by atoms with Crippen LogP contribution in [0, 0.1) is 0 Å². The lowest BCUT2D eigenvalue weighted by molar-refractivity contribution is 0.597. The molecule has 1 aromatic heterocycles. The lowest BCUT2D eigenvalue weighted by Gasteiger charge is -2.12. The van der Waals surface area contributed by atoms with Gasteiger partial charge in [0.15, 0.2) is 9.84 Å². The van der Waals surface area contributed by atoms with Crippen LogP contribution in [0.15, 0.2) is 70.7 Å². The summed E-state index contributed by atoms with van der Waals surface area (Å²) < 4.78 is 48.8. The van der Waals surface area contributed by atoms with E-state index in [0.717, 1.165) is 23.6 Å². The summed E-state index contributed by atoms with van der Waals surface area (Å²) in [6.45, 7) is 0.442. The molecule has 1 heterocycles. The molecule has 10 heteroatoms. The standard InChI is InChI=1S/C18H20N4O4S2/c1-27(23,24)18-11-16(28(19,25)26)7-8-17(18)20-10-9-14-12-21-22(13-14)15-5-3-2-4-6-15/h2-8,11-13,20H,9-10H2,1H3,(H2,19,25,26). The number of para-hydroxylation sites is 1. The van der Waals surface area contributed by atoms with E-state index in [0.29, 0.717) is 18.7 Å². The molecule has 0 aliphatic rings. The third kappa shape index (κ3) is 4.77. The van der Waals surface area contributed by atoms with Gasteiger partial charge >= 0.3 is 0 Å². The Labute approximate surface area is 164 Å². The van der Waals surface area contributed by atoms with Crippen LogP contribution in [-0.4, -0.2) is 39.4 Å². The molecule has 28 heavy (non-hydrogen) atoms. The van der Waals surface area contributed by atoms with Crippen molar-refractivity contribution in [2.45, 2.75) is 16.2 Å². The van der Waals surface area contributed by atoms with Gasteiger partial charge in [0.2, 0.25) is 10.0 Å². The maximum Gasteiger partial charge on any atom is 0.238 e. The van der Waals surface area contributed by atoms with Crippen molar-refractivity contribution in [3.05, 3.63) is 66.5 Å². The highest BCUT2D eigenvalue weighted by molar-refractivity contribution is 7.91. The second-order valence-corrected chi connectivity index (χ2v) is 9.83. The maximum atomic E-state index is 12.0. The normalized spacial score (nSPS) is 12.1. The van der Waals surface area contributed by atoms with Gasteiger partial charge in [-0.2, -0.15) is 5.10 Å². The summed E-state index contributed by atoms with van der Waals surface area (Å²) in [4.78, 5) is -0.360. The average Bonchev–Trinajstić information content (AvgIpc) is 3.10. The van der Waals surface area contributed by atoms with Gasteiger partial charge in [0.25, 0.3) is 0 Å². The van der Waals surface area contributed by atoms with E-state index in [1.807, 2.05) is 36.5 Å². The van der Waals surface area contributed by atoms with E-state index in [2.05, 4.69) is 10.4 Å². The fourth-order valence-corrected chi connectivity index (χ4v) is 4.18. The summed E-state index contributed by atoms with van der Waals surface area (Å²) in [5.74, 6) is 0. The predicted octanol–water partition coefficient (Wildman–Crippen LogP) is 1.58. The van der Waals surface area contributed by atoms with Crippen LogP contribution in [0.3, 0.4) is 0 Å². The number of nitrogens with one attached hydrogen (secondary N) is 1. The van der Waals surface area contributed by atoms with Gasteiger partial charge in [0.1, 0.15) is 0 Å². The van der Waals surface area contributed by atoms with Crippen molar-refractivity contribution in [3.8, 4) is 5.69 Å². The fraction of sp³-hybridized carbons (Fsp3) is 0.167. The number of benzene rings is 2. The topological polar surface area (TPSA) is 124 Å². The molecular formula is C18H20N4O4S2. The van der Waals surface area contributed by atoms with E-state index in [1.165, 1.54) is 12.1 Å². The van der Waals surface area contributed by atoms with Gasteiger partial charge in [0.05, 0.1) is 27.4 Å². The summed E-state index contributed by atoms with van der Waals surface area (Å²) in [6.07, 6.45) is 5.27. The largest absolute Gasteiger partial charge is 0.384 e. The SMILES string of the molecule is CS(=O)(=O)c1cc(S(N)(=O)=O)ccc1NCCc1cnn(-c2ccccc2)c1. The Kier molecular flexibility index (Phi) is 5.54. The highest BCUT2D eigenvalue weighted by atomic mass is 32.2. The minimum atomic E-state index is -3.99. The number of nitrogens with two attached hydrogens (primary N) is 1. The third-order valence-corrected chi connectivity index (χ3v) is 6.11. The van der Waals surface area contributed by atoms with E-state index in [4.69, 9.17) is 5.14 Å². The molecule has 3 N–H and O–H groups in total. The number of sulfonamides is 1. The summed E-state index contributed by atoms with van der Waals surface area (Å²) in [5, 5.41) is 12.5. The van der Waals surface area contributed by atoms with Gasteiger partial charge in [-0.05, 0) is 42.3 Å². The van der Waals surface area contributed by atoms with Gasteiger partial charge in [-0.3, -0.25) is 0 Å². The molecule has 0 unspecified atom stereocenters. The zero-order valence-corrected chi connectivity index (χ0v) is 16.7. The van der Waals surface area contributed by atoms with Crippen LogP contribution in [0.2, 0.25) is 0 Å². The van der Waals surface area contributed by atoms with Crippen molar-refractivity contribution < 1.29 is 16.8 Å². The molecule has 0 spiro atoms. The van der Waals surface area contributed by atoms with E-state index in [-0.39, 0.29) is 9.79 Å². The molecule has 0 saturated heterocycles. The first kappa shape index (κ1) is 20.1. The molecule has 148 valence electrons. The molecular weight excluding hydrogens is 400 g/mol. The van der Waals surface area contributed by atoms with E-state index in [1.54, 1.807) is 10.9 Å². The first-order valence-electron chi connectivity index (χ1n) is 8.34. The molecule has 0 bridgehead atoms. The molecule has 0 aliphatic heterocycles. The van der Waals surface area contributed by atoms with Crippen LogP contribution in [0.25, 0.3) is 5.69 Å². The smallest absolute Gasteiger partial charge is 0.238 e. The molecule has 0 radical (unpaired) electrons. The lowest BCUT2D eigenvalue weighted by Crippen LogP contribution is -2.14. The van der Waals surface area contributed by atoms with Crippen LogP contribution < -0.4 is 10.5 Å². The molecule has 0 saturated carbocycles. The molecule has 2 aromatic carbocycles. The molecule has 8 nitrogen and oxygen atoms in total. The van der Waals surface area contributed by atoms with Gasteiger partial charge in [0, 0.05) is 19.0 Å².